The molecule has 3 heterocycles. The molecule has 2 aliphatic rings. The number of ether oxygens (including phenoxy) is 2. The standard InChI is InChI=1S/C16H17ClN4O3/c17-11-1-3-13(4-2-11)23-10-16(22)20-6-5-15-14(8-20)21-12(9-24-15)7-18-19-21/h1-4,7,14-15H,5-6,8-10H2/t14-,15+/m1/s1. The molecule has 2 aliphatic heterocycles. The number of amides is 1. The molecule has 24 heavy (non-hydrogen) atoms. The first-order valence-corrected chi connectivity index (χ1v) is 8.25. The lowest BCUT2D eigenvalue weighted by Gasteiger charge is -2.40. The van der Waals surface area contributed by atoms with Gasteiger partial charge in [0.15, 0.2) is 6.61 Å². The van der Waals surface area contributed by atoms with Crippen LogP contribution in [0.25, 0.3) is 0 Å². The van der Waals surface area contributed by atoms with E-state index in [4.69, 9.17) is 21.1 Å². The second-order valence-corrected chi connectivity index (χ2v) is 6.39. The summed E-state index contributed by atoms with van der Waals surface area (Å²) in [5.74, 6) is 0.581. The summed E-state index contributed by atoms with van der Waals surface area (Å²) >= 11 is 5.84. The van der Waals surface area contributed by atoms with Crippen molar-refractivity contribution in [2.24, 2.45) is 0 Å². The summed E-state index contributed by atoms with van der Waals surface area (Å²) in [5.41, 5.74) is 0.947. The maximum absolute atomic E-state index is 12.5. The molecule has 1 fully saturated rings. The molecule has 0 N–H and O–H groups in total. The van der Waals surface area contributed by atoms with Gasteiger partial charge in [-0.1, -0.05) is 16.8 Å². The Bertz CT molecular complexity index is 733. The van der Waals surface area contributed by atoms with Crippen LogP contribution in [0.1, 0.15) is 18.2 Å². The van der Waals surface area contributed by atoms with E-state index in [1.54, 1.807) is 35.4 Å². The van der Waals surface area contributed by atoms with Gasteiger partial charge in [-0.2, -0.15) is 0 Å². The third-order valence-electron chi connectivity index (χ3n) is 4.46. The molecule has 0 unspecified atom stereocenters. The monoisotopic (exact) mass is 348 g/mol. The molecule has 0 saturated carbocycles. The first kappa shape index (κ1) is 15.4. The van der Waals surface area contributed by atoms with Gasteiger partial charge in [-0.05, 0) is 30.7 Å². The normalized spacial score (nSPS) is 22.6. The smallest absolute Gasteiger partial charge is 0.260 e. The molecular weight excluding hydrogens is 332 g/mol. The number of fused-ring (bicyclic) bond motifs is 3. The highest BCUT2D eigenvalue weighted by atomic mass is 35.5. The van der Waals surface area contributed by atoms with Crippen molar-refractivity contribution >= 4 is 17.5 Å². The molecule has 2 aromatic rings. The van der Waals surface area contributed by atoms with Crippen LogP contribution in [0.4, 0.5) is 0 Å². The quantitative estimate of drug-likeness (QED) is 0.844. The Labute approximate surface area is 144 Å². The second kappa shape index (κ2) is 6.41. The first-order valence-electron chi connectivity index (χ1n) is 7.87. The van der Waals surface area contributed by atoms with Crippen molar-refractivity contribution in [3.05, 3.63) is 41.2 Å². The average molecular weight is 349 g/mol. The minimum Gasteiger partial charge on any atom is -0.484 e. The summed E-state index contributed by atoms with van der Waals surface area (Å²) in [6.45, 7) is 1.75. The molecule has 0 bridgehead atoms. The van der Waals surface area contributed by atoms with Crippen molar-refractivity contribution < 1.29 is 14.3 Å². The highest BCUT2D eigenvalue weighted by molar-refractivity contribution is 6.30. The number of hydrogen-bond acceptors (Lipinski definition) is 5. The largest absolute Gasteiger partial charge is 0.484 e. The van der Waals surface area contributed by atoms with Crippen LogP contribution in [-0.2, 0) is 16.1 Å². The lowest BCUT2D eigenvalue weighted by molar-refractivity contribution is -0.140. The minimum atomic E-state index is -0.0457. The molecule has 126 valence electrons. The predicted molar refractivity (Wildman–Crippen MR) is 85.8 cm³/mol. The average Bonchev–Trinajstić information content (AvgIpc) is 3.09. The molecule has 8 heteroatoms. The van der Waals surface area contributed by atoms with E-state index in [1.807, 2.05) is 4.68 Å². The van der Waals surface area contributed by atoms with Crippen molar-refractivity contribution in [1.82, 2.24) is 19.9 Å². The number of halogens is 1. The van der Waals surface area contributed by atoms with Crippen molar-refractivity contribution in [2.45, 2.75) is 25.2 Å². The Morgan fingerprint density at radius 1 is 1.38 bits per heavy atom. The summed E-state index contributed by atoms with van der Waals surface area (Å²) in [4.78, 5) is 14.3. The van der Waals surface area contributed by atoms with Gasteiger partial charge in [-0.15, -0.1) is 5.10 Å². The number of rotatable bonds is 3. The van der Waals surface area contributed by atoms with Crippen LogP contribution in [0.2, 0.25) is 5.02 Å². The number of hydrogen-bond donors (Lipinski definition) is 0. The van der Waals surface area contributed by atoms with E-state index in [-0.39, 0.29) is 24.7 Å². The third kappa shape index (κ3) is 2.97. The molecule has 2 atom stereocenters. The Hall–Kier alpha value is -2.12. The summed E-state index contributed by atoms with van der Waals surface area (Å²) in [7, 11) is 0. The van der Waals surface area contributed by atoms with E-state index in [0.29, 0.717) is 30.5 Å². The Kier molecular flexibility index (Phi) is 4.12. The minimum absolute atomic E-state index is 0.00406. The van der Waals surface area contributed by atoms with Crippen molar-refractivity contribution in [1.29, 1.82) is 0 Å². The Morgan fingerprint density at radius 2 is 2.21 bits per heavy atom. The van der Waals surface area contributed by atoms with E-state index >= 15 is 0 Å². The first-order chi connectivity index (χ1) is 11.7. The number of benzene rings is 1. The maximum Gasteiger partial charge on any atom is 0.260 e. The zero-order chi connectivity index (χ0) is 16.5. The summed E-state index contributed by atoms with van der Waals surface area (Å²) in [6.07, 6.45) is 2.58. The van der Waals surface area contributed by atoms with Crippen LogP contribution in [0.5, 0.6) is 5.75 Å². The fourth-order valence-corrected chi connectivity index (χ4v) is 3.30. The highest BCUT2D eigenvalue weighted by Gasteiger charge is 2.37. The number of likely N-dealkylation sites (tertiary alicyclic amines) is 1. The Balaban J connectivity index is 1.39. The van der Waals surface area contributed by atoms with Gasteiger partial charge in [0.05, 0.1) is 30.6 Å². The molecule has 0 spiro atoms. The summed E-state index contributed by atoms with van der Waals surface area (Å²) < 4.78 is 13.3. The summed E-state index contributed by atoms with van der Waals surface area (Å²) in [6, 6.07) is 6.98. The van der Waals surface area contributed by atoms with E-state index in [0.717, 1.165) is 12.1 Å². The topological polar surface area (TPSA) is 69.5 Å². The maximum atomic E-state index is 12.5. The highest BCUT2D eigenvalue weighted by Crippen LogP contribution is 2.30. The zero-order valence-electron chi connectivity index (χ0n) is 13.0. The molecule has 1 amide bonds. The molecule has 1 aromatic carbocycles. The molecule has 0 radical (unpaired) electrons. The molecule has 0 aliphatic carbocycles. The third-order valence-corrected chi connectivity index (χ3v) is 4.71. The molecule has 1 aromatic heterocycles. The molecular formula is C16H17ClN4O3. The number of nitrogens with zero attached hydrogens (tertiary/aromatic N) is 4. The lowest BCUT2D eigenvalue weighted by atomic mass is 10.0. The number of aromatic nitrogens is 3. The van der Waals surface area contributed by atoms with Gasteiger partial charge in [-0.3, -0.25) is 4.79 Å². The van der Waals surface area contributed by atoms with Crippen LogP contribution in [0.3, 0.4) is 0 Å². The molecule has 4 rings (SSSR count). The number of carbonyl (C=O) groups is 1. The summed E-state index contributed by atoms with van der Waals surface area (Å²) in [5, 5.41) is 8.72. The van der Waals surface area contributed by atoms with Crippen LogP contribution in [0.15, 0.2) is 30.5 Å². The van der Waals surface area contributed by atoms with E-state index < -0.39 is 0 Å². The number of piperidine rings is 1. The van der Waals surface area contributed by atoms with E-state index in [1.165, 1.54) is 0 Å². The van der Waals surface area contributed by atoms with Crippen LogP contribution in [0, 0.1) is 0 Å². The van der Waals surface area contributed by atoms with Gasteiger partial charge in [0.2, 0.25) is 0 Å². The SMILES string of the molecule is O=C(COc1ccc(Cl)cc1)N1CC[C@@H]2OCc3cnnn3[C@@H]2C1. The molecule has 7 nitrogen and oxygen atoms in total. The number of carbonyl (C=O) groups excluding carboxylic acids is 1. The molecule has 1 saturated heterocycles. The van der Waals surface area contributed by atoms with Gasteiger partial charge in [0, 0.05) is 18.1 Å². The van der Waals surface area contributed by atoms with Gasteiger partial charge in [0.25, 0.3) is 5.91 Å². The zero-order valence-corrected chi connectivity index (χ0v) is 13.7. The van der Waals surface area contributed by atoms with Gasteiger partial charge >= 0.3 is 0 Å². The van der Waals surface area contributed by atoms with Crippen LogP contribution in [-0.4, -0.2) is 51.6 Å². The van der Waals surface area contributed by atoms with Crippen LogP contribution < -0.4 is 4.74 Å². The van der Waals surface area contributed by atoms with E-state index in [2.05, 4.69) is 10.3 Å². The van der Waals surface area contributed by atoms with Gasteiger partial charge < -0.3 is 14.4 Å². The predicted octanol–water partition coefficient (Wildman–Crippen LogP) is 1.68. The lowest BCUT2D eigenvalue weighted by Crippen LogP contribution is -2.50. The van der Waals surface area contributed by atoms with Crippen molar-refractivity contribution in [3.63, 3.8) is 0 Å². The van der Waals surface area contributed by atoms with Gasteiger partial charge in [-0.25, -0.2) is 4.68 Å². The van der Waals surface area contributed by atoms with Gasteiger partial charge in [0.1, 0.15) is 5.75 Å². The van der Waals surface area contributed by atoms with Crippen molar-refractivity contribution in [3.8, 4) is 5.75 Å². The Morgan fingerprint density at radius 3 is 3.04 bits per heavy atom. The van der Waals surface area contributed by atoms with Crippen molar-refractivity contribution in [2.75, 3.05) is 19.7 Å². The fraction of sp³-hybridized carbons (Fsp3) is 0.438. The fourth-order valence-electron chi connectivity index (χ4n) is 3.17. The second-order valence-electron chi connectivity index (χ2n) is 5.96. The van der Waals surface area contributed by atoms with Crippen LogP contribution >= 0.6 is 11.6 Å². The van der Waals surface area contributed by atoms with E-state index in [9.17, 15) is 4.79 Å².